The average Bonchev–Trinajstić information content (AvgIpc) is 2.29. The third-order valence-electron chi connectivity index (χ3n) is 1.75. The van der Waals surface area contributed by atoms with E-state index in [0.717, 1.165) is 0 Å². The summed E-state index contributed by atoms with van der Waals surface area (Å²) in [5, 5.41) is 0. The minimum absolute atomic E-state index is 0.0938. The number of ketones is 1. The Balaban J connectivity index is 2.59. The van der Waals surface area contributed by atoms with Gasteiger partial charge in [0.15, 0.2) is 5.78 Å². The van der Waals surface area contributed by atoms with Crippen LogP contribution in [0.1, 0.15) is 6.42 Å². The predicted molar refractivity (Wildman–Crippen MR) is 36.9 cm³/mol. The normalized spacial score (nSPS) is 21.5. The second-order valence-electron chi connectivity index (χ2n) is 2.50. The van der Waals surface area contributed by atoms with E-state index >= 15 is 0 Å². The summed E-state index contributed by atoms with van der Waals surface area (Å²) < 4.78 is 4.25. The third kappa shape index (κ3) is 0.747. The molecule has 0 saturated heterocycles. The zero-order valence-corrected chi connectivity index (χ0v) is 5.99. The van der Waals surface area contributed by atoms with E-state index in [4.69, 9.17) is 0 Å². The van der Waals surface area contributed by atoms with Crippen LogP contribution >= 0.6 is 0 Å². The van der Waals surface area contributed by atoms with E-state index in [2.05, 4.69) is 4.74 Å². The molecule has 0 aromatic carbocycles. The Kier molecular flexibility index (Phi) is 1.24. The van der Waals surface area contributed by atoms with Crippen LogP contribution in [-0.4, -0.2) is 17.7 Å². The van der Waals surface area contributed by atoms with E-state index in [0.29, 0.717) is 0 Å². The summed E-state index contributed by atoms with van der Waals surface area (Å²) in [6, 6.07) is 0. The second kappa shape index (κ2) is 2.14. The summed E-state index contributed by atoms with van der Waals surface area (Å²) in [6.07, 6.45) is 3.16. The lowest BCUT2D eigenvalue weighted by Crippen LogP contribution is -2.11. The molecule has 0 amide bonds. The van der Waals surface area contributed by atoms with Gasteiger partial charge in [0, 0.05) is 6.42 Å². The molecule has 1 aliphatic carbocycles. The maximum Gasteiger partial charge on any atom is 0.350 e. The minimum atomic E-state index is -0.815. The van der Waals surface area contributed by atoms with Gasteiger partial charge in [0.25, 0.3) is 0 Å². The van der Waals surface area contributed by atoms with Crippen LogP contribution in [0.25, 0.3) is 0 Å². The third-order valence-corrected chi connectivity index (χ3v) is 1.75. The lowest BCUT2D eigenvalue weighted by atomic mass is 9.98. The van der Waals surface area contributed by atoms with Crippen LogP contribution in [0.3, 0.4) is 0 Å². The number of ether oxygens (including phenoxy) is 1. The number of allylic oxidation sites excluding steroid dienone is 1. The molecule has 0 bridgehead atoms. The van der Waals surface area contributed by atoms with Crippen molar-refractivity contribution in [2.24, 2.45) is 0 Å². The largest absolute Gasteiger partial charge is 0.386 e. The van der Waals surface area contributed by atoms with Gasteiger partial charge < -0.3 is 4.74 Å². The monoisotopic (exact) mass is 164 g/mol. The number of cyclic esters (lactones) is 2. The van der Waals surface area contributed by atoms with Crippen LogP contribution in [0, 0.1) is 0 Å². The van der Waals surface area contributed by atoms with Gasteiger partial charge in [0.2, 0.25) is 0 Å². The van der Waals surface area contributed by atoms with Gasteiger partial charge in [-0.2, -0.15) is 0 Å². The highest BCUT2D eigenvalue weighted by Gasteiger charge is 2.36. The number of hydrogen-bond acceptors (Lipinski definition) is 4. The van der Waals surface area contributed by atoms with Gasteiger partial charge in [0.1, 0.15) is 5.57 Å². The molecule has 4 nitrogen and oxygen atoms in total. The number of carbonyl (C=O) groups is 3. The Morgan fingerprint density at radius 2 is 1.92 bits per heavy atom. The summed E-state index contributed by atoms with van der Waals surface area (Å²) in [5.41, 5.74) is -0.00116. The van der Waals surface area contributed by atoms with Crippen LogP contribution in [-0.2, 0) is 19.1 Å². The van der Waals surface area contributed by atoms with Gasteiger partial charge in [-0.1, -0.05) is 12.2 Å². The highest BCUT2D eigenvalue weighted by atomic mass is 16.6. The van der Waals surface area contributed by atoms with Crippen LogP contribution in [0.5, 0.6) is 0 Å². The Morgan fingerprint density at radius 3 is 2.58 bits per heavy atom. The fourth-order valence-electron chi connectivity index (χ4n) is 1.20. The first kappa shape index (κ1) is 6.97. The number of carbonyl (C=O) groups excluding carboxylic acids is 3. The second-order valence-corrected chi connectivity index (χ2v) is 2.50. The first-order valence-electron chi connectivity index (χ1n) is 3.40. The summed E-state index contributed by atoms with van der Waals surface area (Å²) in [6.45, 7) is 0. The molecule has 12 heavy (non-hydrogen) atoms. The number of rotatable bonds is 0. The zero-order valence-electron chi connectivity index (χ0n) is 5.99. The molecule has 0 radical (unpaired) electrons. The van der Waals surface area contributed by atoms with Crippen LogP contribution < -0.4 is 0 Å². The van der Waals surface area contributed by atoms with E-state index < -0.39 is 11.9 Å². The molecule has 2 rings (SSSR count). The number of esters is 2. The molecule has 0 fully saturated rings. The van der Waals surface area contributed by atoms with Crippen molar-refractivity contribution in [1.29, 1.82) is 0 Å². The van der Waals surface area contributed by atoms with E-state index in [1.54, 1.807) is 6.08 Å². The quantitative estimate of drug-likeness (QED) is 0.285. The maximum absolute atomic E-state index is 11.1. The predicted octanol–water partition coefficient (Wildman–Crippen LogP) is -0.105. The molecule has 0 saturated carbocycles. The van der Waals surface area contributed by atoms with Gasteiger partial charge in [-0.15, -0.1) is 0 Å². The molecule has 60 valence electrons. The summed E-state index contributed by atoms with van der Waals surface area (Å²) in [4.78, 5) is 32.8. The molecule has 0 N–H and O–H groups in total. The molecule has 0 atom stereocenters. The maximum atomic E-state index is 11.1. The van der Waals surface area contributed by atoms with E-state index in [-0.39, 0.29) is 23.4 Å². The summed E-state index contributed by atoms with van der Waals surface area (Å²) >= 11 is 0. The van der Waals surface area contributed by atoms with Crippen molar-refractivity contribution < 1.29 is 19.1 Å². The fraction of sp³-hybridized carbons (Fsp3) is 0.125. The molecular formula is C8H4O4. The highest BCUT2D eigenvalue weighted by Crippen LogP contribution is 2.24. The molecule has 1 aliphatic heterocycles. The minimum Gasteiger partial charge on any atom is -0.386 e. The van der Waals surface area contributed by atoms with Gasteiger partial charge in [-0.05, 0) is 0 Å². The SMILES string of the molecule is O=C1CC=CC2=C1C(=O)OC2=O. The molecule has 0 spiro atoms. The topological polar surface area (TPSA) is 60.4 Å². The average molecular weight is 164 g/mol. The fourth-order valence-corrected chi connectivity index (χ4v) is 1.20. The first-order chi connectivity index (χ1) is 5.70. The molecular weight excluding hydrogens is 160 g/mol. The smallest absolute Gasteiger partial charge is 0.350 e. The number of hydrogen-bond donors (Lipinski definition) is 0. The summed E-state index contributed by atoms with van der Waals surface area (Å²) in [5.74, 6) is -1.88. The van der Waals surface area contributed by atoms with Gasteiger partial charge >= 0.3 is 11.9 Å². The molecule has 1 heterocycles. The lowest BCUT2D eigenvalue weighted by Gasteiger charge is -1.99. The van der Waals surface area contributed by atoms with Crippen molar-refractivity contribution in [2.75, 3.05) is 0 Å². The molecule has 0 aromatic heterocycles. The van der Waals surface area contributed by atoms with Crippen molar-refractivity contribution in [1.82, 2.24) is 0 Å². The molecule has 4 heteroatoms. The van der Waals surface area contributed by atoms with Crippen LogP contribution in [0.2, 0.25) is 0 Å². The van der Waals surface area contributed by atoms with E-state index in [9.17, 15) is 14.4 Å². The van der Waals surface area contributed by atoms with E-state index in [1.807, 2.05) is 0 Å². The van der Waals surface area contributed by atoms with Crippen molar-refractivity contribution in [3.05, 3.63) is 23.3 Å². The van der Waals surface area contributed by atoms with Crippen LogP contribution in [0.4, 0.5) is 0 Å². The number of Topliss-reactive ketones (excluding diaryl/α,β-unsaturated/α-hetero) is 1. The zero-order chi connectivity index (χ0) is 8.72. The Hall–Kier alpha value is -1.71. The van der Waals surface area contributed by atoms with Crippen molar-refractivity contribution >= 4 is 17.7 Å². The molecule has 0 aromatic rings. The summed E-state index contributed by atoms with van der Waals surface area (Å²) in [7, 11) is 0. The van der Waals surface area contributed by atoms with Crippen molar-refractivity contribution in [2.45, 2.75) is 6.42 Å². The Labute approximate surface area is 67.5 Å². The Morgan fingerprint density at radius 1 is 1.17 bits per heavy atom. The first-order valence-corrected chi connectivity index (χ1v) is 3.40. The lowest BCUT2D eigenvalue weighted by molar-refractivity contribution is -0.151. The molecule has 0 unspecified atom stereocenters. The van der Waals surface area contributed by atoms with E-state index in [1.165, 1.54) is 6.08 Å². The van der Waals surface area contributed by atoms with Gasteiger partial charge in [-0.3, -0.25) is 4.79 Å². The molecule has 2 aliphatic rings. The standard InChI is InChI=1S/C8H4O4/c9-5-3-1-2-4-6(5)8(11)12-7(4)10/h1-2H,3H2. The van der Waals surface area contributed by atoms with Crippen molar-refractivity contribution in [3.63, 3.8) is 0 Å². The Bertz CT molecular complexity index is 349. The van der Waals surface area contributed by atoms with Crippen LogP contribution in [0.15, 0.2) is 23.3 Å². The van der Waals surface area contributed by atoms with Gasteiger partial charge in [-0.25, -0.2) is 9.59 Å². The van der Waals surface area contributed by atoms with Crippen molar-refractivity contribution in [3.8, 4) is 0 Å². The highest BCUT2D eigenvalue weighted by molar-refractivity contribution is 6.29. The van der Waals surface area contributed by atoms with Gasteiger partial charge in [0.05, 0.1) is 5.57 Å².